The zero-order chi connectivity index (χ0) is 13.5. The Kier molecular flexibility index (Phi) is 5.17. The monoisotopic (exact) mass is 262 g/mol. The van der Waals surface area contributed by atoms with Crippen molar-refractivity contribution < 1.29 is 9.13 Å². The number of ether oxygens (including phenoxy) is 1. The molecule has 0 radical (unpaired) electrons. The standard InChI is InChI=1S/C15H19FN2O/c16-14-1-3-15(4-2-14)19-12-7-13-5-9-18(10-6-13)11-8-17/h1-4,13H,5-7,9-12H2. The van der Waals surface area contributed by atoms with Crippen molar-refractivity contribution in [1.29, 1.82) is 5.26 Å². The Morgan fingerprint density at radius 1 is 1.26 bits per heavy atom. The van der Waals surface area contributed by atoms with E-state index in [1.54, 1.807) is 12.1 Å². The smallest absolute Gasteiger partial charge is 0.123 e. The maximum atomic E-state index is 12.7. The third-order valence-electron chi connectivity index (χ3n) is 3.61. The summed E-state index contributed by atoms with van der Waals surface area (Å²) in [6.07, 6.45) is 3.29. The normalized spacial score (nSPS) is 17.1. The first-order chi connectivity index (χ1) is 9.28. The Balaban J connectivity index is 1.64. The lowest BCUT2D eigenvalue weighted by Crippen LogP contribution is -2.34. The molecule has 1 aliphatic heterocycles. The lowest BCUT2D eigenvalue weighted by Gasteiger charge is -2.30. The van der Waals surface area contributed by atoms with Gasteiger partial charge in [0.25, 0.3) is 0 Å². The van der Waals surface area contributed by atoms with Crippen LogP contribution in [0.5, 0.6) is 5.75 Å². The number of halogens is 1. The first-order valence-corrected chi connectivity index (χ1v) is 6.75. The summed E-state index contributed by atoms with van der Waals surface area (Å²) >= 11 is 0. The van der Waals surface area contributed by atoms with Crippen molar-refractivity contribution in [3.63, 3.8) is 0 Å². The molecule has 0 unspecified atom stereocenters. The first kappa shape index (κ1) is 13.8. The number of likely N-dealkylation sites (tertiary alicyclic amines) is 1. The molecule has 3 nitrogen and oxygen atoms in total. The molecule has 102 valence electrons. The van der Waals surface area contributed by atoms with Gasteiger partial charge >= 0.3 is 0 Å². The van der Waals surface area contributed by atoms with Gasteiger partial charge in [0.2, 0.25) is 0 Å². The molecule has 0 spiro atoms. The molecule has 1 heterocycles. The SMILES string of the molecule is N#CCN1CCC(CCOc2ccc(F)cc2)CC1. The minimum atomic E-state index is -0.239. The molecule has 0 bridgehead atoms. The molecular weight excluding hydrogens is 243 g/mol. The van der Waals surface area contributed by atoms with Gasteiger partial charge in [-0.1, -0.05) is 0 Å². The van der Waals surface area contributed by atoms with E-state index in [9.17, 15) is 4.39 Å². The second-order valence-corrected chi connectivity index (χ2v) is 4.97. The minimum Gasteiger partial charge on any atom is -0.494 e. The van der Waals surface area contributed by atoms with E-state index in [0.29, 0.717) is 19.1 Å². The fraction of sp³-hybridized carbons (Fsp3) is 0.533. The van der Waals surface area contributed by atoms with Gasteiger partial charge in [0.15, 0.2) is 0 Å². The summed E-state index contributed by atoms with van der Waals surface area (Å²) in [5.74, 6) is 1.16. The Bertz CT molecular complexity index is 419. The van der Waals surface area contributed by atoms with Crippen LogP contribution in [0, 0.1) is 23.1 Å². The van der Waals surface area contributed by atoms with E-state index >= 15 is 0 Å². The molecule has 19 heavy (non-hydrogen) atoms. The van der Waals surface area contributed by atoms with Crippen LogP contribution in [0.15, 0.2) is 24.3 Å². The number of rotatable bonds is 5. The number of nitrogens with zero attached hydrogens (tertiary/aromatic N) is 2. The van der Waals surface area contributed by atoms with Crippen LogP contribution in [0.3, 0.4) is 0 Å². The van der Waals surface area contributed by atoms with Crippen LogP contribution in [0.1, 0.15) is 19.3 Å². The maximum absolute atomic E-state index is 12.7. The third-order valence-corrected chi connectivity index (χ3v) is 3.61. The topological polar surface area (TPSA) is 36.3 Å². The fourth-order valence-corrected chi connectivity index (χ4v) is 2.41. The minimum absolute atomic E-state index is 0.239. The highest BCUT2D eigenvalue weighted by atomic mass is 19.1. The van der Waals surface area contributed by atoms with Gasteiger partial charge in [0.1, 0.15) is 11.6 Å². The van der Waals surface area contributed by atoms with Gasteiger partial charge in [-0.3, -0.25) is 4.90 Å². The van der Waals surface area contributed by atoms with Crippen LogP contribution < -0.4 is 4.74 Å². The van der Waals surface area contributed by atoms with Crippen LogP contribution in [-0.4, -0.2) is 31.1 Å². The summed E-state index contributed by atoms with van der Waals surface area (Å²) in [6, 6.07) is 8.33. The van der Waals surface area contributed by atoms with E-state index in [1.165, 1.54) is 12.1 Å². The Morgan fingerprint density at radius 2 is 1.95 bits per heavy atom. The lowest BCUT2D eigenvalue weighted by molar-refractivity contribution is 0.176. The maximum Gasteiger partial charge on any atom is 0.123 e. The lowest BCUT2D eigenvalue weighted by atomic mass is 9.94. The van der Waals surface area contributed by atoms with Gasteiger partial charge < -0.3 is 4.74 Å². The molecule has 0 amide bonds. The number of hydrogen-bond donors (Lipinski definition) is 0. The van der Waals surface area contributed by atoms with Crippen LogP contribution in [0.25, 0.3) is 0 Å². The van der Waals surface area contributed by atoms with Crippen molar-refractivity contribution in [3.05, 3.63) is 30.1 Å². The largest absolute Gasteiger partial charge is 0.494 e. The molecular formula is C15H19FN2O. The van der Waals surface area contributed by atoms with E-state index in [0.717, 1.165) is 38.1 Å². The van der Waals surface area contributed by atoms with E-state index in [-0.39, 0.29) is 5.82 Å². The van der Waals surface area contributed by atoms with Crippen molar-refractivity contribution in [2.24, 2.45) is 5.92 Å². The van der Waals surface area contributed by atoms with E-state index < -0.39 is 0 Å². The van der Waals surface area contributed by atoms with Crippen LogP contribution in [0.2, 0.25) is 0 Å². The third kappa shape index (κ3) is 4.53. The van der Waals surface area contributed by atoms with Gasteiger partial charge in [-0.2, -0.15) is 5.26 Å². The Hall–Kier alpha value is -1.60. The van der Waals surface area contributed by atoms with Crippen molar-refractivity contribution >= 4 is 0 Å². The summed E-state index contributed by atoms with van der Waals surface area (Å²) in [4.78, 5) is 2.19. The molecule has 0 aromatic heterocycles. The molecule has 2 rings (SSSR count). The molecule has 0 aliphatic carbocycles. The summed E-state index contributed by atoms with van der Waals surface area (Å²) in [5, 5.41) is 8.63. The molecule has 1 fully saturated rings. The number of benzene rings is 1. The summed E-state index contributed by atoms with van der Waals surface area (Å²) in [7, 11) is 0. The molecule has 1 aromatic carbocycles. The van der Waals surface area contributed by atoms with E-state index in [1.807, 2.05) is 0 Å². The van der Waals surface area contributed by atoms with Crippen LogP contribution in [0.4, 0.5) is 4.39 Å². The van der Waals surface area contributed by atoms with Crippen molar-refractivity contribution in [2.75, 3.05) is 26.2 Å². The molecule has 0 saturated carbocycles. The Morgan fingerprint density at radius 3 is 2.58 bits per heavy atom. The Labute approximate surface area is 113 Å². The average molecular weight is 262 g/mol. The molecule has 1 saturated heterocycles. The zero-order valence-electron chi connectivity index (χ0n) is 11.0. The van der Waals surface area contributed by atoms with E-state index in [4.69, 9.17) is 10.00 Å². The molecule has 1 aliphatic rings. The molecule has 1 aromatic rings. The zero-order valence-corrected chi connectivity index (χ0v) is 11.0. The van der Waals surface area contributed by atoms with Crippen molar-refractivity contribution in [3.8, 4) is 11.8 Å². The van der Waals surface area contributed by atoms with E-state index in [2.05, 4.69) is 11.0 Å². The molecule has 4 heteroatoms. The van der Waals surface area contributed by atoms with Crippen molar-refractivity contribution in [1.82, 2.24) is 4.90 Å². The van der Waals surface area contributed by atoms with Gasteiger partial charge in [-0.05, 0) is 62.5 Å². The molecule has 0 atom stereocenters. The summed E-state index contributed by atoms with van der Waals surface area (Å²) in [5.41, 5.74) is 0. The summed E-state index contributed by atoms with van der Waals surface area (Å²) in [6.45, 7) is 3.23. The number of hydrogen-bond acceptors (Lipinski definition) is 3. The van der Waals surface area contributed by atoms with Gasteiger partial charge in [0.05, 0.1) is 19.2 Å². The quantitative estimate of drug-likeness (QED) is 0.766. The van der Waals surface area contributed by atoms with Crippen LogP contribution in [-0.2, 0) is 0 Å². The average Bonchev–Trinajstić information content (AvgIpc) is 2.43. The fourth-order valence-electron chi connectivity index (χ4n) is 2.41. The predicted octanol–water partition coefficient (Wildman–Crippen LogP) is 2.83. The second-order valence-electron chi connectivity index (χ2n) is 4.97. The highest BCUT2D eigenvalue weighted by molar-refractivity contribution is 5.21. The number of nitriles is 1. The van der Waals surface area contributed by atoms with Gasteiger partial charge in [-0.15, -0.1) is 0 Å². The highest BCUT2D eigenvalue weighted by Gasteiger charge is 2.18. The highest BCUT2D eigenvalue weighted by Crippen LogP contribution is 2.21. The number of piperidine rings is 1. The van der Waals surface area contributed by atoms with Gasteiger partial charge in [0, 0.05) is 0 Å². The first-order valence-electron chi connectivity index (χ1n) is 6.75. The molecule has 0 N–H and O–H groups in total. The second kappa shape index (κ2) is 7.10. The summed E-state index contributed by atoms with van der Waals surface area (Å²) < 4.78 is 18.3. The van der Waals surface area contributed by atoms with Crippen molar-refractivity contribution in [2.45, 2.75) is 19.3 Å². The van der Waals surface area contributed by atoms with Crippen LogP contribution >= 0.6 is 0 Å². The van der Waals surface area contributed by atoms with Gasteiger partial charge in [-0.25, -0.2) is 4.39 Å². The predicted molar refractivity (Wildman–Crippen MR) is 71.3 cm³/mol.